The Bertz CT molecular complexity index is 449. The second-order valence-corrected chi connectivity index (χ2v) is 4.73. The van der Waals surface area contributed by atoms with E-state index < -0.39 is 0 Å². The highest BCUT2D eigenvalue weighted by Gasteiger charge is 2.21. The second-order valence-electron chi connectivity index (χ2n) is 4.73. The molecule has 1 atom stereocenters. The summed E-state index contributed by atoms with van der Waals surface area (Å²) < 4.78 is 0. The van der Waals surface area contributed by atoms with Crippen molar-refractivity contribution in [1.82, 2.24) is 15.3 Å². The summed E-state index contributed by atoms with van der Waals surface area (Å²) in [7, 11) is 1.86. The van der Waals surface area contributed by atoms with E-state index in [4.69, 9.17) is 0 Å². The number of anilines is 2. The van der Waals surface area contributed by atoms with E-state index in [2.05, 4.69) is 32.8 Å². The number of carbonyl (C=O) groups is 1. The molecule has 1 amide bonds. The van der Waals surface area contributed by atoms with Gasteiger partial charge in [-0.25, -0.2) is 9.97 Å². The molecule has 1 aliphatic heterocycles. The van der Waals surface area contributed by atoms with Gasteiger partial charge in [-0.05, 0) is 12.8 Å². The van der Waals surface area contributed by atoms with Crippen LogP contribution in [0.5, 0.6) is 0 Å². The standard InChI is InChI=1S/C13H21N5O/c1-3-4-10-12(14-2)16-8-17-13(10)15-7-9-5-6-11(19)18-9/h8-9H,3-7H2,1-2H3,(H,18,19)(H2,14,15,16,17). The first-order valence-corrected chi connectivity index (χ1v) is 6.79. The lowest BCUT2D eigenvalue weighted by Crippen LogP contribution is -2.32. The van der Waals surface area contributed by atoms with Crippen LogP contribution in [0.1, 0.15) is 31.7 Å². The quantitative estimate of drug-likeness (QED) is 0.718. The molecule has 1 fully saturated rings. The first kappa shape index (κ1) is 13.6. The zero-order chi connectivity index (χ0) is 13.7. The van der Waals surface area contributed by atoms with Crippen LogP contribution >= 0.6 is 0 Å². The molecule has 1 aliphatic rings. The minimum atomic E-state index is 0.138. The van der Waals surface area contributed by atoms with Crippen LogP contribution in [0.4, 0.5) is 11.6 Å². The minimum absolute atomic E-state index is 0.138. The van der Waals surface area contributed by atoms with Crippen molar-refractivity contribution in [3.63, 3.8) is 0 Å². The number of rotatable bonds is 6. The van der Waals surface area contributed by atoms with Gasteiger partial charge < -0.3 is 16.0 Å². The lowest BCUT2D eigenvalue weighted by atomic mass is 10.1. The van der Waals surface area contributed by atoms with E-state index in [-0.39, 0.29) is 11.9 Å². The maximum Gasteiger partial charge on any atom is 0.220 e. The summed E-state index contributed by atoms with van der Waals surface area (Å²) in [5.74, 6) is 1.87. The van der Waals surface area contributed by atoms with E-state index >= 15 is 0 Å². The fourth-order valence-electron chi connectivity index (χ4n) is 2.32. The average molecular weight is 263 g/mol. The molecule has 104 valence electrons. The molecule has 0 aliphatic carbocycles. The van der Waals surface area contributed by atoms with Gasteiger partial charge in [0.25, 0.3) is 0 Å². The molecule has 19 heavy (non-hydrogen) atoms. The zero-order valence-electron chi connectivity index (χ0n) is 11.5. The van der Waals surface area contributed by atoms with Crippen LogP contribution in [0, 0.1) is 0 Å². The van der Waals surface area contributed by atoms with E-state index in [9.17, 15) is 4.79 Å². The van der Waals surface area contributed by atoms with E-state index in [0.29, 0.717) is 13.0 Å². The van der Waals surface area contributed by atoms with Crippen LogP contribution in [0.2, 0.25) is 0 Å². The summed E-state index contributed by atoms with van der Waals surface area (Å²) in [5.41, 5.74) is 1.11. The summed E-state index contributed by atoms with van der Waals surface area (Å²) in [4.78, 5) is 19.7. The average Bonchev–Trinajstić information content (AvgIpc) is 2.83. The van der Waals surface area contributed by atoms with E-state index in [0.717, 1.165) is 36.5 Å². The van der Waals surface area contributed by atoms with Gasteiger partial charge in [0.1, 0.15) is 18.0 Å². The molecule has 6 heteroatoms. The van der Waals surface area contributed by atoms with Gasteiger partial charge in [0.05, 0.1) is 0 Å². The summed E-state index contributed by atoms with van der Waals surface area (Å²) in [6, 6.07) is 0.204. The molecule has 1 saturated heterocycles. The third-order valence-electron chi connectivity index (χ3n) is 3.28. The molecule has 1 unspecified atom stereocenters. The highest BCUT2D eigenvalue weighted by Crippen LogP contribution is 2.21. The Morgan fingerprint density at radius 1 is 1.42 bits per heavy atom. The van der Waals surface area contributed by atoms with E-state index in [1.165, 1.54) is 0 Å². The molecule has 0 radical (unpaired) electrons. The molecule has 1 aromatic heterocycles. The molecular formula is C13H21N5O. The number of nitrogens with one attached hydrogen (secondary N) is 3. The number of amides is 1. The predicted octanol–water partition coefficient (Wildman–Crippen LogP) is 1.16. The molecule has 0 spiro atoms. The summed E-state index contributed by atoms with van der Waals surface area (Å²) >= 11 is 0. The van der Waals surface area contributed by atoms with Crippen molar-refractivity contribution in [3.05, 3.63) is 11.9 Å². The topological polar surface area (TPSA) is 78.9 Å². The van der Waals surface area contributed by atoms with Crippen molar-refractivity contribution < 1.29 is 4.79 Å². The van der Waals surface area contributed by atoms with E-state index in [1.54, 1.807) is 6.33 Å². The summed E-state index contributed by atoms with van der Waals surface area (Å²) in [6.45, 7) is 2.84. The van der Waals surface area contributed by atoms with Gasteiger partial charge in [-0.2, -0.15) is 0 Å². The molecule has 0 aromatic carbocycles. The van der Waals surface area contributed by atoms with Gasteiger partial charge in [-0.15, -0.1) is 0 Å². The largest absolute Gasteiger partial charge is 0.373 e. The van der Waals surface area contributed by atoms with Crippen LogP contribution in [-0.2, 0) is 11.2 Å². The number of hydrogen-bond donors (Lipinski definition) is 3. The van der Waals surface area contributed by atoms with E-state index in [1.807, 2.05) is 7.05 Å². The van der Waals surface area contributed by atoms with Gasteiger partial charge in [-0.1, -0.05) is 13.3 Å². The van der Waals surface area contributed by atoms with Crippen molar-refractivity contribution in [2.24, 2.45) is 0 Å². The highest BCUT2D eigenvalue weighted by molar-refractivity contribution is 5.78. The van der Waals surface area contributed by atoms with Gasteiger partial charge >= 0.3 is 0 Å². The second kappa shape index (κ2) is 6.36. The Morgan fingerprint density at radius 3 is 2.84 bits per heavy atom. The van der Waals surface area contributed by atoms with Crippen molar-refractivity contribution >= 4 is 17.5 Å². The fraction of sp³-hybridized carbons (Fsp3) is 0.615. The van der Waals surface area contributed by atoms with Crippen LogP contribution in [0.25, 0.3) is 0 Å². The first-order chi connectivity index (χ1) is 9.24. The normalized spacial score (nSPS) is 18.2. The fourth-order valence-corrected chi connectivity index (χ4v) is 2.32. The van der Waals surface area contributed by atoms with Crippen LogP contribution in [-0.4, -0.2) is 35.5 Å². The molecule has 0 bridgehead atoms. The summed E-state index contributed by atoms with van der Waals surface area (Å²) in [6.07, 6.45) is 5.03. The van der Waals surface area contributed by atoms with Gasteiger partial charge in [0.15, 0.2) is 0 Å². The Balaban J connectivity index is 2.04. The molecule has 6 nitrogen and oxygen atoms in total. The molecule has 0 saturated carbocycles. The number of hydrogen-bond acceptors (Lipinski definition) is 5. The molecule has 3 N–H and O–H groups in total. The maximum atomic E-state index is 11.2. The van der Waals surface area contributed by atoms with Crippen molar-refractivity contribution in [2.45, 2.75) is 38.6 Å². The number of aromatic nitrogens is 2. The van der Waals surface area contributed by atoms with Crippen molar-refractivity contribution in [1.29, 1.82) is 0 Å². The lowest BCUT2D eigenvalue weighted by Gasteiger charge is -2.16. The smallest absolute Gasteiger partial charge is 0.220 e. The minimum Gasteiger partial charge on any atom is -0.373 e. The zero-order valence-corrected chi connectivity index (χ0v) is 11.5. The first-order valence-electron chi connectivity index (χ1n) is 6.79. The third-order valence-corrected chi connectivity index (χ3v) is 3.28. The molecule has 2 heterocycles. The number of nitrogens with zero attached hydrogens (tertiary/aromatic N) is 2. The Hall–Kier alpha value is -1.85. The SMILES string of the molecule is CCCc1c(NC)ncnc1NCC1CCC(=O)N1. The van der Waals surface area contributed by atoms with Crippen LogP contribution in [0.15, 0.2) is 6.33 Å². The Kier molecular flexibility index (Phi) is 4.54. The third kappa shape index (κ3) is 3.33. The highest BCUT2D eigenvalue weighted by atomic mass is 16.1. The van der Waals surface area contributed by atoms with Crippen LogP contribution in [0.3, 0.4) is 0 Å². The van der Waals surface area contributed by atoms with Crippen molar-refractivity contribution in [3.8, 4) is 0 Å². The Labute approximate surface area is 113 Å². The monoisotopic (exact) mass is 263 g/mol. The Morgan fingerprint density at radius 2 is 2.21 bits per heavy atom. The van der Waals surface area contributed by atoms with Crippen LogP contribution < -0.4 is 16.0 Å². The summed E-state index contributed by atoms with van der Waals surface area (Å²) in [5, 5.41) is 9.37. The van der Waals surface area contributed by atoms with Gasteiger partial charge in [0.2, 0.25) is 5.91 Å². The maximum absolute atomic E-state index is 11.2. The molecule has 2 rings (SSSR count). The van der Waals surface area contributed by atoms with Gasteiger partial charge in [-0.3, -0.25) is 4.79 Å². The van der Waals surface area contributed by atoms with Gasteiger partial charge in [0, 0.05) is 31.6 Å². The number of carbonyl (C=O) groups excluding carboxylic acids is 1. The van der Waals surface area contributed by atoms with Crippen molar-refractivity contribution in [2.75, 3.05) is 24.2 Å². The molecular weight excluding hydrogens is 242 g/mol. The lowest BCUT2D eigenvalue weighted by molar-refractivity contribution is -0.119. The predicted molar refractivity (Wildman–Crippen MR) is 75.2 cm³/mol. The molecule has 1 aromatic rings.